The summed E-state index contributed by atoms with van der Waals surface area (Å²) in [6.07, 6.45) is 4.97. The van der Waals surface area contributed by atoms with E-state index in [4.69, 9.17) is 0 Å². The zero-order chi connectivity index (χ0) is 16.5. The van der Waals surface area contributed by atoms with Crippen molar-refractivity contribution >= 4 is 17.1 Å². The third-order valence-corrected chi connectivity index (χ3v) is 4.35. The number of nitrogens with zero attached hydrogens (tertiary/aromatic N) is 5. The first-order valence-electron chi connectivity index (χ1n) is 7.82. The molecular formula is C14H16N8O2. The van der Waals surface area contributed by atoms with Gasteiger partial charge in [0.1, 0.15) is 0 Å². The molecule has 4 rings (SSSR count). The Morgan fingerprint density at radius 1 is 1.33 bits per heavy atom. The van der Waals surface area contributed by atoms with E-state index >= 15 is 0 Å². The molecule has 1 fully saturated rings. The smallest absolute Gasteiger partial charge is 0.325 e. The molecule has 3 N–H and O–H groups in total. The minimum Gasteiger partial charge on any atom is -0.335 e. The third-order valence-electron chi connectivity index (χ3n) is 4.35. The van der Waals surface area contributed by atoms with E-state index in [1.54, 1.807) is 6.07 Å². The molecule has 124 valence electrons. The van der Waals surface area contributed by atoms with Gasteiger partial charge in [0.2, 0.25) is 0 Å². The molecule has 4 heterocycles. The van der Waals surface area contributed by atoms with Crippen molar-refractivity contribution in [1.82, 2.24) is 40.5 Å². The van der Waals surface area contributed by atoms with E-state index in [1.807, 2.05) is 4.90 Å². The Morgan fingerprint density at radius 2 is 2.25 bits per heavy atom. The standard InChI is InChI=1S/C14H16N8O2/c23-13(9-4-5-15-12-11(9)16-14(24)17-12)22-6-2-1-3-8(22)7-10-18-20-21-19-10/h4-5,8H,1-3,6-7H2,(H2,15,16,17,24)(H,18,19,20,21). The number of pyridine rings is 1. The second-order valence-corrected chi connectivity index (χ2v) is 5.84. The summed E-state index contributed by atoms with van der Waals surface area (Å²) >= 11 is 0. The summed E-state index contributed by atoms with van der Waals surface area (Å²) in [4.78, 5) is 35.7. The van der Waals surface area contributed by atoms with Gasteiger partial charge in [-0.15, -0.1) is 10.2 Å². The van der Waals surface area contributed by atoms with Crippen LogP contribution < -0.4 is 5.69 Å². The van der Waals surface area contributed by atoms with E-state index in [9.17, 15) is 9.59 Å². The molecule has 1 amide bonds. The molecule has 0 spiro atoms. The van der Waals surface area contributed by atoms with Crippen LogP contribution in [0.15, 0.2) is 17.1 Å². The Kier molecular flexibility index (Phi) is 3.56. The summed E-state index contributed by atoms with van der Waals surface area (Å²) in [7, 11) is 0. The molecule has 0 aliphatic carbocycles. The van der Waals surface area contributed by atoms with E-state index < -0.39 is 0 Å². The van der Waals surface area contributed by atoms with Crippen LogP contribution in [0.25, 0.3) is 11.2 Å². The average molecular weight is 328 g/mol. The topological polar surface area (TPSA) is 136 Å². The number of piperidine rings is 1. The zero-order valence-electron chi connectivity index (χ0n) is 12.8. The number of amides is 1. The van der Waals surface area contributed by atoms with E-state index in [-0.39, 0.29) is 17.6 Å². The van der Waals surface area contributed by atoms with Crippen molar-refractivity contribution in [3.8, 4) is 0 Å². The maximum absolute atomic E-state index is 13.1. The summed E-state index contributed by atoms with van der Waals surface area (Å²) in [5.41, 5.74) is 0.895. The van der Waals surface area contributed by atoms with Gasteiger partial charge in [0.15, 0.2) is 11.5 Å². The summed E-state index contributed by atoms with van der Waals surface area (Å²) in [5.74, 6) is 0.473. The Bertz CT molecular complexity index is 912. The number of imidazole rings is 1. The van der Waals surface area contributed by atoms with E-state index in [0.717, 1.165) is 19.3 Å². The van der Waals surface area contributed by atoms with Crippen molar-refractivity contribution in [2.24, 2.45) is 0 Å². The van der Waals surface area contributed by atoms with Crippen LogP contribution in [0.4, 0.5) is 0 Å². The number of tetrazole rings is 1. The Labute approximate surface area is 135 Å². The summed E-state index contributed by atoms with van der Waals surface area (Å²) < 4.78 is 0. The van der Waals surface area contributed by atoms with Gasteiger partial charge < -0.3 is 9.88 Å². The van der Waals surface area contributed by atoms with Crippen molar-refractivity contribution in [2.45, 2.75) is 31.7 Å². The van der Waals surface area contributed by atoms with Crippen LogP contribution in [-0.4, -0.2) is 59.0 Å². The van der Waals surface area contributed by atoms with Crippen molar-refractivity contribution in [2.75, 3.05) is 6.54 Å². The van der Waals surface area contributed by atoms with Crippen LogP contribution in [0.3, 0.4) is 0 Å². The van der Waals surface area contributed by atoms with Crippen LogP contribution in [0.5, 0.6) is 0 Å². The van der Waals surface area contributed by atoms with Crippen LogP contribution in [0, 0.1) is 0 Å². The minimum atomic E-state index is -0.375. The van der Waals surface area contributed by atoms with Gasteiger partial charge in [0.25, 0.3) is 5.91 Å². The first-order valence-corrected chi connectivity index (χ1v) is 7.82. The maximum Gasteiger partial charge on any atom is 0.325 e. The highest BCUT2D eigenvalue weighted by Gasteiger charge is 2.30. The van der Waals surface area contributed by atoms with Gasteiger partial charge in [-0.1, -0.05) is 5.21 Å². The highest BCUT2D eigenvalue weighted by Crippen LogP contribution is 2.23. The van der Waals surface area contributed by atoms with Gasteiger partial charge in [0.05, 0.1) is 11.1 Å². The van der Waals surface area contributed by atoms with E-state index in [0.29, 0.717) is 35.5 Å². The number of likely N-dealkylation sites (tertiary alicyclic amines) is 1. The number of fused-ring (bicyclic) bond motifs is 1. The quantitative estimate of drug-likeness (QED) is 0.619. The van der Waals surface area contributed by atoms with Crippen molar-refractivity contribution in [1.29, 1.82) is 0 Å². The monoisotopic (exact) mass is 328 g/mol. The number of aromatic nitrogens is 7. The number of hydrogen-bond acceptors (Lipinski definition) is 6. The molecule has 0 aromatic carbocycles. The molecule has 0 saturated carbocycles. The predicted octanol–water partition coefficient (Wildman–Crippen LogP) is 0.00170. The average Bonchev–Trinajstić information content (AvgIpc) is 3.22. The maximum atomic E-state index is 13.1. The fourth-order valence-corrected chi connectivity index (χ4v) is 3.23. The second kappa shape index (κ2) is 5.87. The number of hydrogen-bond donors (Lipinski definition) is 3. The summed E-state index contributed by atoms with van der Waals surface area (Å²) in [5, 5.41) is 14.0. The van der Waals surface area contributed by atoms with Crippen LogP contribution in [-0.2, 0) is 6.42 Å². The van der Waals surface area contributed by atoms with Crippen molar-refractivity contribution in [3.05, 3.63) is 34.1 Å². The molecule has 1 unspecified atom stereocenters. The molecule has 0 bridgehead atoms. The molecule has 1 atom stereocenters. The third kappa shape index (κ3) is 2.55. The molecule has 3 aromatic heterocycles. The van der Waals surface area contributed by atoms with Gasteiger partial charge in [-0.25, -0.2) is 9.78 Å². The van der Waals surface area contributed by atoms with Crippen LogP contribution in [0.1, 0.15) is 35.4 Å². The summed E-state index contributed by atoms with van der Waals surface area (Å²) in [6.45, 7) is 0.666. The fourth-order valence-electron chi connectivity index (χ4n) is 3.23. The Balaban J connectivity index is 1.66. The molecule has 24 heavy (non-hydrogen) atoms. The first-order chi connectivity index (χ1) is 11.7. The lowest BCUT2D eigenvalue weighted by molar-refractivity contribution is 0.0613. The van der Waals surface area contributed by atoms with Crippen LogP contribution >= 0.6 is 0 Å². The number of carbonyl (C=O) groups excluding carboxylic acids is 1. The molecule has 3 aromatic rings. The summed E-state index contributed by atoms with van der Waals surface area (Å²) in [6, 6.07) is 1.65. The lowest BCUT2D eigenvalue weighted by atomic mass is 9.98. The lowest BCUT2D eigenvalue weighted by Gasteiger charge is -2.35. The molecule has 10 heteroatoms. The normalized spacial score (nSPS) is 18.2. The molecule has 0 radical (unpaired) electrons. The van der Waals surface area contributed by atoms with Crippen LogP contribution in [0.2, 0.25) is 0 Å². The predicted molar refractivity (Wildman–Crippen MR) is 83.3 cm³/mol. The second-order valence-electron chi connectivity index (χ2n) is 5.84. The number of aromatic amines is 3. The Morgan fingerprint density at radius 3 is 3.08 bits per heavy atom. The van der Waals surface area contributed by atoms with Crippen molar-refractivity contribution < 1.29 is 4.79 Å². The lowest BCUT2D eigenvalue weighted by Crippen LogP contribution is -2.45. The molecule has 10 nitrogen and oxygen atoms in total. The largest absolute Gasteiger partial charge is 0.335 e. The van der Waals surface area contributed by atoms with E-state index in [1.165, 1.54) is 6.20 Å². The SMILES string of the molecule is O=C(c1ccnc2[nH]c(=O)[nH]c12)N1CCCCC1Cc1nn[nH]n1. The number of H-pyrrole nitrogens is 3. The number of carbonyl (C=O) groups is 1. The van der Waals surface area contributed by atoms with Gasteiger partial charge in [-0.2, -0.15) is 5.21 Å². The molecular weight excluding hydrogens is 312 g/mol. The fraction of sp³-hybridized carbons (Fsp3) is 0.429. The van der Waals surface area contributed by atoms with Gasteiger partial charge in [0, 0.05) is 25.2 Å². The number of nitrogens with one attached hydrogen (secondary N) is 3. The molecule has 1 aliphatic heterocycles. The van der Waals surface area contributed by atoms with E-state index in [2.05, 4.69) is 35.6 Å². The van der Waals surface area contributed by atoms with Gasteiger partial charge in [-0.05, 0) is 25.3 Å². The zero-order valence-corrected chi connectivity index (χ0v) is 12.8. The highest BCUT2D eigenvalue weighted by atomic mass is 16.2. The number of rotatable bonds is 3. The highest BCUT2D eigenvalue weighted by molar-refractivity contribution is 6.04. The minimum absolute atomic E-state index is 0.0118. The first kappa shape index (κ1) is 14.5. The molecule has 1 aliphatic rings. The molecule has 1 saturated heterocycles. The van der Waals surface area contributed by atoms with Crippen molar-refractivity contribution in [3.63, 3.8) is 0 Å². The Hall–Kier alpha value is -3.04. The van der Waals surface area contributed by atoms with Gasteiger partial charge in [-0.3, -0.25) is 9.78 Å². The van der Waals surface area contributed by atoms with Gasteiger partial charge >= 0.3 is 5.69 Å².